The molecule has 2 aliphatic rings. The van der Waals surface area contributed by atoms with Gasteiger partial charge in [-0.3, -0.25) is 9.69 Å². The largest absolute Gasteiger partial charge is 0.457 e. The van der Waals surface area contributed by atoms with Gasteiger partial charge in [-0.1, -0.05) is 18.2 Å². The van der Waals surface area contributed by atoms with Crippen molar-refractivity contribution in [1.82, 2.24) is 15.6 Å². The van der Waals surface area contributed by atoms with E-state index in [4.69, 9.17) is 4.74 Å². The monoisotopic (exact) mass is 501 g/mol. The zero-order chi connectivity index (χ0) is 24.6. The maximum Gasteiger partial charge on any atom is 0.331 e. The number of anilines is 3. The van der Waals surface area contributed by atoms with Gasteiger partial charge in [0, 0.05) is 12.7 Å². The Hall–Kier alpha value is -3.99. The number of para-hydroxylation sites is 1. The first-order chi connectivity index (χ1) is 17.6. The van der Waals surface area contributed by atoms with Crippen LogP contribution in [0.1, 0.15) is 16.1 Å². The van der Waals surface area contributed by atoms with E-state index in [1.165, 1.54) is 11.3 Å². The molecule has 0 unspecified atom stereocenters. The molecule has 4 aromatic rings. The summed E-state index contributed by atoms with van der Waals surface area (Å²) in [5, 5.41) is 19.9. The third-order valence-corrected chi connectivity index (χ3v) is 7.38. The average molecular weight is 502 g/mol. The van der Waals surface area contributed by atoms with E-state index < -0.39 is 12.1 Å². The minimum atomic E-state index is -0.617. The highest BCUT2D eigenvalue weighted by Crippen LogP contribution is 2.45. The highest BCUT2D eigenvalue weighted by atomic mass is 32.1. The van der Waals surface area contributed by atoms with Crippen LogP contribution in [0.5, 0.6) is 11.5 Å². The molecule has 36 heavy (non-hydrogen) atoms. The Kier molecular flexibility index (Phi) is 5.76. The molecule has 10 heteroatoms. The number of aliphatic hydroxyl groups excluding tert-OH is 1. The van der Waals surface area contributed by atoms with Crippen LogP contribution in [0.3, 0.4) is 0 Å². The van der Waals surface area contributed by atoms with E-state index in [0.717, 1.165) is 5.75 Å². The number of hydrogen-bond donors (Lipinski definition) is 4. The number of piperidine rings is 1. The molecule has 9 nitrogen and oxygen atoms in total. The van der Waals surface area contributed by atoms with Crippen molar-refractivity contribution in [3.63, 3.8) is 0 Å². The van der Waals surface area contributed by atoms with Gasteiger partial charge in [0.15, 0.2) is 0 Å². The second-order valence-electron chi connectivity index (χ2n) is 8.63. The summed E-state index contributed by atoms with van der Waals surface area (Å²) in [6.07, 6.45) is 1.58. The topological polar surface area (TPSA) is 116 Å². The Morgan fingerprint density at radius 2 is 1.89 bits per heavy atom. The van der Waals surface area contributed by atoms with Crippen molar-refractivity contribution in [1.29, 1.82) is 0 Å². The molecule has 6 rings (SSSR count). The Bertz CT molecular complexity index is 1440. The Morgan fingerprint density at radius 1 is 1.11 bits per heavy atom. The van der Waals surface area contributed by atoms with E-state index in [2.05, 4.69) is 20.9 Å². The number of rotatable bonds is 5. The lowest BCUT2D eigenvalue weighted by Crippen LogP contribution is -2.53. The van der Waals surface area contributed by atoms with Crippen LogP contribution < -0.4 is 25.6 Å². The molecule has 1 saturated heterocycles. The molecule has 1 fully saturated rings. The summed E-state index contributed by atoms with van der Waals surface area (Å²) in [6, 6.07) is 17.7. The third kappa shape index (κ3) is 4.05. The molecule has 4 heterocycles. The first-order valence-electron chi connectivity index (χ1n) is 11.6. The van der Waals surface area contributed by atoms with Crippen LogP contribution in [0.15, 0.2) is 66.9 Å². The number of aliphatic hydroxyl groups is 1. The zero-order valence-electron chi connectivity index (χ0n) is 19.1. The Balaban J connectivity index is 1.31. The predicted octanol–water partition coefficient (Wildman–Crippen LogP) is 4.22. The lowest BCUT2D eigenvalue weighted by molar-refractivity contribution is 0.0758. The van der Waals surface area contributed by atoms with Crippen molar-refractivity contribution >= 4 is 50.6 Å². The molecule has 4 N–H and O–H groups in total. The van der Waals surface area contributed by atoms with Crippen molar-refractivity contribution in [2.24, 2.45) is 0 Å². The number of aromatic nitrogens is 1. The lowest BCUT2D eigenvalue weighted by Gasteiger charge is -2.30. The van der Waals surface area contributed by atoms with Gasteiger partial charge in [0.1, 0.15) is 21.2 Å². The molecule has 2 atom stereocenters. The summed E-state index contributed by atoms with van der Waals surface area (Å²) >= 11 is 1.22. The third-order valence-electron chi connectivity index (χ3n) is 6.29. The van der Waals surface area contributed by atoms with Crippen molar-refractivity contribution in [3.05, 3.63) is 71.7 Å². The van der Waals surface area contributed by atoms with E-state index >= 15 is 0 Å². The molecule has 182 valence electrons. The zero-order valence-corrected chi connectivity index (χ0v) is 19.9. The number of carbonyl (C=O) groups excluding carboxylic acids is 2. The number of urea groups is 1. The molecule has 0 bridgehead atoms. The summed E-state index contributed by atoms with van der Waals surface area (Å²) in [7, 11) is 0. The van der Waals surface area contributed by atoms with Crippen molar-refractivity contribution in [3.8, 4) is 11.5 Å². The minimum absolute atomic E-state index is 0.345. The molecule has 0 saturated carbocycles. The standard InChI is InChI=1S/C26H23N5O4S/c32-20-11-12-27-14-18(20)29-24(33)23-22-21-19(10-13-28-25(21)36-23)31(26(34)30-22)15-6-8-17(9-7-15)35-16-4-2-1-3-5-16/h1-10,13,18,20,27,32H,11-12,14H2,(H,29,33)(H,30,34)/t18-,20-/m1/s1. The van der Waals surface area contributed by atoms with Crippen molar-refractivity contribution < 1.29 is 19.4 Å². The Labute approximate surface area is 210 Å². The number of pyridine rings is 1. The number of nitrogens with zero attached hydrogens (tertiary/aromatic N) is 2. The van der Waals surface area contributed by atoms with E-state index in [-0.39, 0.29) is 11.9 Å². The number of benzene rings is 2. The van der Waals surface area contributed by atoms with E-state index in [1.54, 1.807) is 29.3 Å². The van der Waals surface area contributed by atoms with E-state index in [0.29, 0.717) is 57.4 Å². The van der Waals surface area contributed by atoms with Crippen LogP contribution in [0.25, 0.3) is 10.2 Å². The van der Waals surface area contributed by atoms with Crippen LogP contribution >= 0.6 is 11.3 Å². The summed E-state index contributed by atoms with van der Waals surface area (Å²) in [4.78, 5) is 33.4. The molecular weight excluding hydrogens is 478 g/mol. The predicted molar refractivity (Wildman–Crippen MR) is 138 cm³/mol. The highest BCUT2D eigenvalue weighted by molar-refractivity contribution is 7.21. The van der Waals surface area contributed by atoms with Crippen LogP contribution in [-0.4, -0.2) is 47.3 Å². The summed E-state index contributed by atoms with van der Waals surface area (Å²) in [5.74, 6) is 1.03. The van der Waals surface area contributed by atoms with Crippen LogP contribution in [0, 0.1) is 0 Å². The van der Waals surface area contributed by atoms with Gasteiger partial charge in [-0.05, 0) is 55.4 Å². The van der Waals surface area contributed by atoms with Gasteiger partial charge in [-0.15, -0.1) is 11.3 Å². The van der Waals surface area contributed by atoms with E-state index in [9.17, 15) is 14.7 Å². The van der Waals surface area contributed by atoms with Gasteiger partial charge in [-0.25, -0.2) is 9.78 Å². The molecule has 0 spiro atoms. The summed E-state index contributed by atoms with van der Waals surface area (Å²) in [5.41, 5.74) is 1.74. The minimum Gasteiger partial charge on any atom is -0.457 e. The smallest absolute Gasteiger partial charge is 0.331 e. The van der Waals surface area contributed by atoms with E-state index in [1.807, 2.05) is 42.5 Å². The number of carbonyl (C=O) groups is 2. The highest BCUT2D eigenvalue weighted by Gasteiger charge is 2.34. The fourth-order valence-electron chi connectivity index (χ4n) is 4.51. The maximum atomic E-state index is 13.3. The van der Waals surface area contributed by atoms with Gasteiger partial charge in [0.25, 0.3) is 5.91 Å². The normalized spacial score (nSPS) is 19.1. The van der Waals surface area contributed by atoms with Gasteiger partial charge >= 0.3 is 6.03 Å². The molecule has 2 aromatic carbocycles. The fraction of sp³-hybridized carbons (Fsp3) is 0.192. The fourth-order valence-corrected chi connectivity index (χ4v) is 5.54. The SMILES string of the molecule is O=C(N[C@@H]1CNCC[C@H]1O)c1sc2nccc3c2c1NC(=O)N3c1ccc(Oc2ccccc2)cc1. The number of amides is 3. The molecular formula is C26H23N5O4S. The van der Waals surface area contributed by atoms with Crippen LogP contribution in [0.2, 0.25) is 0 Å². The van der Waals surface area contributed by atoms with Gasteiger partial charge in [0.2, 0.25) is 0 Å². The lowest BCUT2D eigenvalue weighted by atomic mass is 10.0. The van der Waals surface area contributed by atoms with Gasteiger partial charge in [0.05, 0.1) is 34.6 Å². The molecule has 2 aliphatic heterocycles. The Morgan fingerprint density at radius 3 is 2.67 bits per heavy atom. The van der Waals surface area contributed by atoms with Crippen molar-refractivity contribution in [2.75, 3.05) is 23.3 Å². The average Bonchev–Trinajstić information content (AvgIpc) is 3.26. The summed E-state index contributed by atoms with van der Waals surface area (Å²) < 4.78 is 5.87. The molecule has 0 radical (unpaired) electrons. The molecule has 0 aliphatic carbocycles. The molecule has 3 amide bonds. The number of hydrogen-bond acceptors (Lipinski definition) is 7. The second-order valence-corrected chi connectivity index (χ2v) is 9.63. The number of thiophene rings is 1. The number of ether oxygens (including phenoxy) is 1. The van der Waals surface area contributed by atoms with Crippen LogP contribution in [-0.2, 0) is 0 Å². The molecule has 2 aromatic heterocycles. The van der Waals surface area contributed by atoms with Gasteiger partial charge < -0.3 is 25.8 Å². The first kappa shape index (κ1) is 22.5. The van der Waals surface area contributed by atoms with Crippen LogP contribution in [0.4, 0.5) is 21.9 Å². The maximum absolute atomic E-state index is 13.3. The van der Waals surface area contributed by atoms with Gasteiger partial charge in [-0.2, -0.15) is 0 Å². The number of nitrogens with one attached hydrogen (secondary N) is 3. The summed E-state index contributed by atoms with van der Waals surface area (Å²) in [6.45, 7) is 1.20. The first-order valence-corrected chi connectivity index (χ1v) is 12.5. The van der Waals surface area contributed by atoms with Crippen molar-refractivity contribution in [2.45, 2.75) is 18.6 Å². The quantitative estimate of drug-likeness (QED) is 0.325. The second kappa shape index (κ2) is 9.23.